The van der Waals surface area contributed by atoms with E-state index in [1.165, 1.54) is 12.1 Å². The van der Waals surface area contributed by atoms with Crippen molar-refractivity contribution in [2.75, 3.05) is 0 Å². The molecule has 3 nitrogen and oxygen atoms in total. The number of ether oxygens (including phenoxy) is 1. The summed E-state index contributed by atoms with van der Waals surface area (Å²) in [5.74, 6) is 0.507. The van der Waals surface area contributed by atoms with Gasteiger partial charge in [0.2, 0.25) is 0 Å². The summed E-state index contributed by atoms with van der Waals surface area (Å²) in [7, 11) is 0. The van der Waals surface area contributed by atoms with Gasteiger partial charge in [0.1, 0.15) is 18.2 Å². The van der Waals surface area contributed by atoms with Crippen molar-refractivity contribution in [2.24, 2.45) is 0 Å². The minimum atomic E-state index is -0.253. The average Bonchev–Trinajstić information content (AvgIpc) is 2.63. The smallest absolute Gasteiger partial charge is 0.124 e. The average molecular weight is 393 g/mol. The summed E-state index contributed by atoms with van der Waals surface area (Å²) in [4.78, 5) is 4.01. The SMILES string of the molecule is Cl.Fc1ccc(COc2ccc(Cl)cc2CNCc2ccncc2)cc1. The van der Waals surface area contributed by atoms with Crippen molar-refractivity contribution in [3.8, 4) is 5.75 Å². The fraction of sp³-hybridized carbons (Fsp3) is 0.150. The van der Waals surface area contributed by atoms with Gasteiger partial charge in [-0.3, -0.25) is 4.98 Å². The lowest BCUT2D eigenvalue weighted by Gasteiger charge is -2.13. The number of rotatable bonds is 7. The summed E-state index contributed by atoms with van der Waals surface area (Å²) in [6, 6.07) is 15.8. The number of benzene rings is 2. The minimum absolute atomic E-state index is 0. The highest BCUT2D eigenvalue weighted by Crippen LogP contribution is 2.24. The summed E-state index contributed by atoms with van der Waals surface area (Å²) in [6.07, 6.45) is 3.54. The van der Waals surface area contributed by atoms with Crippen LogP contribution >= 0.6 is 24.0 Å². The molecule has 0 radical (unpaired) electrons. The normalized spacial score (nSPS) is 10.2. The molecule has 3 aromatic rings. The zero-order valence-electron chi connectivity index (χ0n) is 14.0. The molecule has 0 spiro atoms. The standard InChI is InChI=1S/C20H18ClFN2O.ClH/c21-18-3-6-20(25-14-16-1-4-19(22)5-2-16)17(11-18)13-24-12-15-7-9-23-10-8-15;/h1-11,24H,12-14H2;1H. The van der Waals surface area contributed by atoms with E-state index in [2.05, 4.69) is 10.3 Å². The molecule has 6 heteroatoms. The quantitative estimate of drug-likeness (QED) is 0.602. The zero-order valence-corrected chi connectivity index (χ0v) is 15.6. The summed E-state index contributed by atoms with van der Waals surface area (Å²) < 4.78 is 18.9. The predicted molar refractivity (Wildman–Crippen MR) is 104 cm³/mol. The van der Waals surface area contributed by atoms with Crippen LogP contribution in [0.4, 0.5) is 4.39 Å². The second-order valence-corrected chi connectivity index (χ2v) is 6.06. The lowest BCUT2D eigenvalue weighted by Crippen LogP contribution is -2.13. The highest BCUT2D eigenvalue weighted by Gasteiger charge is 2.06. The molecular formula is C20H19Cl2FN2O. The Labute approximate surface area is 163 Å². The number of aromatic nitrogens is 1. The molecule has 2 aromatic carbocycles. The largest absolute Gasteiger partial charge is 0.489 e. The molecule has 0 aliphatic heterocycles. The van der Waals surface area contributed by atoms with Crippen LogP contribution < -0.4 is 10.1 Å². The van der Waals surface area contributed by atoms with Crippen molar-refractivity contribution < 1.29 is 9.13 Å². The Morgan fingerprint density at radius 3 is 2.38 bits per heavy atom. The zero-order chi connectivity index (χ0) is 17.5. The predicted octanol–water partition coefficient (Wildman–Crippen LogP) is 5.16. The number of halogens is 3. The maximum absolute atomic E-state index is 13.0. The first kappa shape index (κ1) is 20.2. The van der Waals surface area contributed by atoms with E-state index in [9.17, 15) is 4.39 Å². The van der Waals surface area contributed by atoms with Gasteiger partial charge in [-0.15, -0.1) is 12.4 Å². The van der Waals surface area contributed by atoms with Crippen LogP contribution in [0.1, 0.15) is 16.7 Å². The molecule has 0 unspecified atom stereocenters. The van der Waals surface area contributed by atoms with Crippen LogP contribution in [0.5, 0.6) is 5.75 Å². The number of hydrogen-bond donors (Lipinski definition) is 1. The van der Waals surface area contributed by atoms with E-state index in [-0.39, 0.29) is 18.2 Å². The first-order chi connectivity index (χ1) is 12.2. The van der Waals surface area contributed by atoms with Crippen LogP contribution in [0, 0.1) is 5.82 Å². The fourth-order valence-electron chi connectivity index (χ4n) is 2.41. The highest BCUT2D eigenvalue weighted by molar-refractivity contribution is 6.30. The van der Waals surface area contributed by atoms with Gasteiger partial charge >= 0.3 is 0 Å². The van der Waals surface area contributed by atoms with Crippen LogP contribution in [0.3, 0.4) is 0 Å². The van der Waals surface area contributed by atoms with Gasteiger partial charge < -0.3 is 10.1 Å². The van der Waals surface area contributed by atoms with Crippen LogP contribution in [-0.4, -0.2) is 4.98 Å². The highest BCUT2D eigenvalue weighted by atomic mass is 35.5. The van der Waals surface area contributed by atoms with Crippen LogP contribution in [0.25, 0.3) is 0 Å². The van der Waals surface area contributed by atoms with Gasteiger partial charge in [-0.1, -0.05) is 23.7 Å². The van der Waals surface area contributed by atoms with Crippen molar-refractivity contribution in [2.45, 2.75) is 19.7 Å². The third-order valence-corrected chi connectivity index (χ3v) is 3.96. The van der Waals surface area contributed by atoms with E-state index < -0.39 is 0 Å². The van der Waals surface area contributed by atoms with E-state index in [0.717, 1.165) is 29.0 Å². The lowest BCUT2D eigenvalue weighted by molar-refractivity contribution is 0.302. The Hall–Kier alpha value is -2.14. The Morgan fingerprint density at radius 2 is 1.65 bits per heavy atom. The molecule has 1 aromatic heterocycles. The topological polar surface area (TPSA) is 34.1 Å². The number of nitrogens with one attached hydrogen (secondary N) is 1. The van der Waals surface area contributed by atoms with Crippen molar-refractivity contribution in [3.63, 3.8) is 0 Å². The maximum Gasteiger partial charge on any atom is 0.124 e. The molecule has 0 aliphatic carbocycles. The Morgan fingerprint density at radius 1 is 0.923 bits per heavy atom. The summed E-state index contributed by atoms with van der Waals surface area (Å²) in [6.45, 7) is 1.73. The third kappa shape index (κ3) is 5.99. The van der Waals surface area contributed by atoms with Gasteiger partial charge in [0, 0.05) is 36.1 Å². The van der Waals surface area contributed by atoms with Gasteiger partial charge in [-0.05, 0) is 53.6 Å². The molecule has 0 bridgehead atoms. The van der Waals surface area contributed by atoms with E-state index >= 15 is 0 Å². The van der Waals surface area contributed by atoms with Gasteiger partial charge in [0.15, 0.2) is 0 Å². The van der Waals surface area contributed by atoms with E-state index in [0.29, 0.717) is 18.2 Å². The second kappa shape index (κ2) is 10.1. The monoisotopic (exact) mass is 392 g/mol. The molecule has 0 saturated heterocycles. The van der Waals surface area contributed by atoms with Gasteiger partial charge in [0.05, 0.1) is 0 Å². The molecule has 0 fully saturated rings. The number of hydrogen-bond acceptors (Lipinski definition) is 3. The third-order valence-electron chi connectivity index (χ3n) is 3.72. The van der Waals surface area contributed by atoms with Crippen molar-refractivity contribution in [1.29, 1.82) is 0 Å². The molecule has 1 N–H and O–H groups in total. The molecule has 0 atom stereocenters. The summed E-state index contributed by atoms with van der Waals surface area (Å²) in [5.41, 5.74) is 3.04. The Kier molecular flexibility index (Phi) is 7.85. The van der Waals surface area contributed by atoms with Crippen LogP contribution in [-0.2, 0) is 19.7 Å². The van der Waals surface area contributed by atoms with E-state index in [1.807, 2.05) is 24.3 Å². The second-order valence-electron chi connectivity index (χ2n) is 5.63. The first-order valence-corrected chi connectivity index (χ1v) is 8.34. The molecule has 3 rings (SSSR count). The van der Waals surface area contributed by atoms with Crippen molar-refractivity contribution in [1.82, 2.24) is 10.3 Å². The summed E-state index contributed by atoms with van der Waals surface area (Å²) in [5, 5.41) is 4.04. The Bertz CT molecular complexity index is 814. The van der Waals surface area contributed by atoms with Gasteiger partial charge in [-0.2, -0.15) is 0 Å². The number of pyridine rings is 1. The lowest BCUT2D eigenvalue weighted by atomic mass is 10.2. The molecule has 0 aliphatic rings. The summed E-state index contributed by atoms with van der Waals surface area (Å²) >= 11 is 6.11. The van der Waals surface area contributed by atoms with Crippen LogP contribution in [0.2, 0.25) is 5.02 Å². The molecule has 136 valence electrons. The first-order valence-electron chi connectivity index (χ1n) is 7.96. The molecule has 1 heterocycles. The van der Waals surface area contributed by atoms with Crippen molar-refractivity contribution in [3.05, 3.63) is 94.5 Å². The maximum atomic E-state index is 13.0. The molecule has 0 saturated carbocycles. The molecule has 26 heavy (non-hydrogen) atoms. The fourth-order valence-corrected chi connectivity index (χ4v) is 2.61. The Balaban J connectivity index is 0.00000243. The van der Waals surface area contributed by atoms with Gasteiger partial charge in [0.25, 0.3) is 0 Å². The number of nitrogens with zero attached hydrogens (tertiary/aromatic N) is 1. The molecular weight excluding hydrogens is 374 g/mol. The van der Waals surface area contributed by atoms with Crippen molar-refractivity contribution >= 4 is 24.0 Å². The van der Waals surface area contributed by atoms with E-state index in [1.54, 1.807) is 30.6 Å². The minimum Gasteiger partial charge on any atom is -0.489 e. The van der Waals surface area contributed by atoms with E-state index in [4.69, 9.17) is 16.3 Å². The van der Waals surface area contributed by atoms with Crippen LogP contribution in [0.15, 0.2) is 67.0 Å². The van der Waals surface area contributed by atoms with Gasteiger partial charge in [-0.25, -0.2) is 4.39 Å². The molecule has 0 amide bonds.